The van der Waals surface area contributed by atoms with Crippen LogP contribution in [0.1, 0.15) is 19.3 Å². The largest absolute Gasteiger partial charge is 0.507 e. The lowest BCUT2D eigenvalue weighted by Gasteiger charge is -2.32. The van der Waals surface area contributed by atoms with Crippen LogP contribution in [0.4, 0.5) is 4.39 Å². The lowest BCUT2D eigenvalue weighted by Crippen LogP contribution is -2.51. The van der Waals surface area contributed by atoms with Crippen LogP contribution in [-0.4, -0.2) is 54.2 Å². The van der Waals surface area contributed by atoms with Gasteiger partial charge >= 0.3 is 0 Å². The summed E-state index contributed by atoms with van der Waals surface area (Å²) >= 11 is 0. The number of fused-ring (bicyclic) bond motifs is 2. The van der Waals surface area contributed by atoms with Crippen molar-refractivity contribution in [3.05, 3.63) is 43.2 Å². The molecule has 4 atom stereocenters. The van der Waals surface area contributed by atoms with E-state index < -0.39 is 12.3 Å². The molecule has 9 heteroatoms. The van der Waals surface area contributed by atoms with Crippen molar-refractivity contribution < 1.29 is 14.2 Å². The van der Waals surface area contributed by atoms with Gasteiger partial charge in [0.1, 0.15) is 24.5 Å². The van der Waals surface area contributed by atoms with Crippen LogP contribution in [0.15, 0.2) is 43.2 Å². The van der Waals surface area contributed by atoms with E-state index in [4.69, 9.17) is 4.74 Å². The van der Waals surface area contributed by atoms with E-state index in [1.807, 2.05) is 6.07 Å². The zero-order valence-corrected chi connectivity index (χ0v) is 14.9. The molecule has 0 aliphatic carbocycles. The molecule has 2 aliphatic heterocycles. The van der Waals surface area contributed by atoms with Crippen molar-refractivity contribution >= 4 is 0 Å². The lowest BCUT2D eigenvalue weighted by atomic mass is 10.0. The second-order valence-corrected chi connectivity index (χ2v) is 7.19. The van der Waals surface area contributed by atoms with Gasteiger partial charge in [-0.15, -0.1) is 10.2 Å². The molecule has 0 radical (unpaired) electrons. The zero-order valence-electron chi connectivity index (χ0n) is 14.9. The van der Waals surface area contributed by atoms with Crippen LogP contribution in [0.25, 0.3) is 16.9 Å². The number of piperidine rings is 1. The van der Waals surface area contributed by atoms with Crippen molar-refractivity contribution in [1.29, 1.82) is 0 Å². The monoisotopic (exact) mass is 382 g/mol. The summed E-state index contributed by atoms with van der Waals surface area (Å²) in [5.74, 6) is 0.353. The fourth-order valence-corrected chi connectivity index (χ4v) is 3.97. The van der Waals surface area contributed by atoms with Gasteiger partial charge < -0.3 is 15.2 Å². The maximum atomic E-state index is 14.5. The van der Waals surface area contributed by atoms with E-state index in [2.05, 4.69) is 25.5 Å². The van der Waals surface area contributed by atoms with E-state index in [1.165, 1.54) is 12.4 Å². The Labute approximate surface area is 160 Å². The molecule has 2 bridgehead atoms. The summed E-state index contributed by atoms with van der Waals surface area (Å²) in [5.41, 5.74) is 1.77. The number of nitrogens with zero attached hydrogens (tertiary/aromatic N) is 5. The number of hydrogen-bond donors (Lipinski definition) is 2. The molecule has 0 spiro atoms. The summed E-state index contributed by atoms with van der Waals surface area (Å²) in [6.45, 7) is 0. The maximum absolute atomic E-state index is 14.5. The van der Waals surface area contributed by atoms with Crippen molar-refractivity contribution in [3.8, 4) is 28.6 Å². The van der Waals surface area contributed by atoms with Crippen molar-refractivity contribution in [1.82, 2.24) is 30.0 Å². The first-order valence-electron chi connectivity index (χ1n) is 9.24. The number of benzene rings is 1. The van der Waals surface area contributed by atoms with Gasteiger partial charge in [-0.2, -0.15) is 0 Å². The molecule has 5 rings (SSSR count). The van der Waals surface area contributed by atoms with Gasteiger partial charge in [-0.25, -0.2) is 14.4 Å². The van der Waals surface area contributed by atoms with E-state index >= 15 is 0 Å². The Morgan fingerprint density at radius 2 is 2.00 bits per heavy atom. The van der Waals surface area contributed by atoms with Crippen LogP contribution in [0, 0.1) is 0 Å². The number of aromatic hydroxyl groups is 1. The molecule has 0 saturated carbocycles. The Hall–Kier alpha value is -3.07. The fraction of sp³-hybridized carbons (Fsp3) is 0.368. The molecule has 2 fully saturated rings. The molecule has 28 heavy (non-hydrogen) atoms. The third-order valence-corrected chi connectivity index (χ3v) is 5.41. The number of phenols is 1. The number of alkyl halides is 1. The third-order valence-electron chi connectivity index (χ3n) is 5.41. The van der Waals surface area contributed by atoms with Crippen molar-refractivity contribution in [3.63, 3.8) is 0 Å². The highest BCUT2D eigenvalue weighted by molar-refractivity contribution is 5.68. The molecular weight excluding hydrogens is 363 g/mol. The average Bonchev–Trinajstić information content (AvgIpc) is 3.37. The minimum atomic E-state index is -1.05. The van der Waals surface area contributed by atoms with Crippen LogP contribution < -0.4 is 10.1 Å². The molecule has 3 aromatic rings. The number of ether oxygens (including phenoxy) is 1. The second kappa shape index (κ2) is 6.83. The molecule has 2 N–H and O–H groups in total. The van der Waals surface area contributed by atoms with Gasteiger partial charge in [0, 0.05) is 30.1 Å². The Kier molecular flexibility index (Phi) is 4.16. The molecule has 8 nitrogen and oxygen atoms in total. The topological polar surface area (TPSA) is 98.0 Å². The minimum Gasteiger partial charge on any atom is -0.507 e. The normalized spacial score (nSPS) is 26.3. The summed E-state index contributed by atoms with van der Waals surface area (Å²) in [6.07, 6.45) is 7.00. The number of phenolic OH excluding ortho intramolecular Hbond substituents is 1. The lowest BCUT2D eigenvalue weighted by molar-refractivity contribution is 0.0425. The first kappa shape index (κ1) is 17.1. The van der Waals surface area contributed by atoms with Gasteiger partial charge in [0.05, 0.1) is 23.8 Å². The summed E-state index contributed by atoms with van der Waals surface area (Å²) in [6, 6.07) is 5.36. The number of halogens is 1. The summed E-state index contributed by atoms with van der Waals surface area (Å²) in [5, 5.41) is 21.1. The molecule has 4 heterocycles. The summed E-state index contributed by atoms with van der Waals surface area (Å²) in [4.78, 5) is 8.59. The predicted octanol–water partition coefficient (Wildman–Crippen LogP) is 2.04. The Bertz CT molecular complexity index is 965. The van der Waals surface area contributed by atoms with Gasteiger partial charge in [-0.3, -0.25) is 4.57 Å². The van der Waals surface area contributed by atoms with E-state index in [-0.39, 0.29) is 11.8 Å². The highest BCUT2D eigenvalue weighted by Gasteiger charge is 2.43. The molecule has 144 valence electrons. The fourth-order valence-electron chi connectivity index (χ4n) is 3.97. The van der Waals surface area contributed by atoms with Crippen LogP contribution in [-0.2, 0) is 0 Å². The van der Waals surface area contributed by atoms with Gasteiger partial charge in [0.15, 0.2) is 6.17 Å². The van der Waals surface area contributed by atoms with Crippen molar-refractivity contribution in [2.45, 2.75) is 43.6 Å². The number of aromatic nitrogens is 5. The van der Waals surface area contributed by atoms with Gasteiger partial charge in [0.2, 0.25) is 5.88 Å². The molecule has 2 saturated heterocycles. The third kappa shape index (κ3) is 3.07. The van der Waals surface area contributed by atoms with Crippen LogP contribution in [0.5, 0.6) is 11.6 Å². The number of nitrogens with one attached hydrogen (secondary N) is 1. The maximum Gasteiger partial charge on any atom is 0.232 e. The standard InChI is InChI=1S/C19H19FN6O2/c20-19-14-4-1-11(25-14)5-17(19)28-18-8-21-15(7-22-18)13-3-2-12(6-16(13)27)26-9-23-24-10-26/h2-3,6-11,14,17,19,25,27H,1,4-5H2/t11?,14?,17-,19+/m0/s1. The zero-order chi connectivity index (χ0) is 19.1. The predicted molar refractivity (Wildman–Crippen MR) is 97.9 cm³/mol. The number of rotatable bonds is 4. The van der Waals surface area contributed by atoms with E-state index in [9.17, 15) is 9.50 Å². The molecular formula is C19H19FN6O2. The van der Waals surface area contributed by atoms with E-state index in [1.54, 1.807) is 29.4 Å². The summed E-state index contributed by atoms with van der Waals surface area (Å²) < 4.78 is 22.0. The molecule has 2 aliphatic rings. The number of hydrogen-bond acceptors (Lipinski definition) is 7. The van der Waals surface area contributed by atoms with Crippen LogP contribution in [0.3, 0.4) is 0 Å². The SMILES string of the molecule is Oc1cc(-n2cnnc2)ccc1-c1cnc(O[C@H]2CC3CCC(N3)[C@H]2F)cn1. The second-order valence-electron chi connectivity index (χ2n) is 7.19. The molecule has 0 amide bonds. The molecule has 1 aromatic carbocycles. The molecule has 2 unspecified atom stereocenters. The molecule has 2 aromatic heterocycles. The van der Waals surface area contributed by atoms with Gasteiger partial charge in [-0.05, 0) is 25.0 Å². The van der Waals surface area contributed by atoms with Gasteiger partial charge in [0.25, 0.3) is 0 Å². The van der Waals surface area contributed by atoms with Gasteiger partial charge in [-0.1, -0.05) is 0 Å². The van der Waals surface area contributed by atoms with E-state index in [0.29, 0.717) is 29.6 Å². The summed E-state index contributed by atoms with van der Waals surface area (Å²) in [7, 11) is 0. The van der Waals surface area contributed by atoms with Crippen LogP contribution >= 0.6 is 0 Å². The highest BCUT2D eigenvalue weighted by Crippen LogP contribution is 2.32. The first-order valence-corrected chi connectivity index (χ1v) is 9.24. The average molecular weight is 382 g/mol. The highest BCUT2D eigenvalue weighted by atomic mass is 19.1. The minimum absolute atomic E-state index is 0.0629. The Morgan fingerprint density at radius 3 is 2.75 bits per heavy atom. The smallest absolute Gasteiger partial charge is 0.232 e. The Morgan fingerprint density at radius 1 is 1.14 bits per heavy atom. The van der Waals surface area contributed by atoms with Crippen molar-refractivity contribution in [2.75, 3.05) is 0 Å². The van der Waals surface area contributed by atoms with Crippen molar-refractivity contribution in [2.24, 2.45) is 0 Å². The Balaban J connectivity index is 1.32. The van der Waals surface area contributed by atoms with E-state index in [0.717, 1.165) is 18.5 Å². The van der Waals surface area contributed by atoms with Crippen LogP contribution in [0.2, 0.25) is 0 Å². The first-order chi connectivity index (χ1) is 13.7. The quantitative estimate of drug-likeness (QED) is 0.712.